The van der Waals surface area contributed by atoms with Crippen molar-refractivity contribution in [3.05, 3.63) is 32.4 Å². The summed E-state index contributed by atoms with van der Waals surface area (Å²) < 4.78 is 1.38. The third-order valence-corrected chi connectivity index (χ3v) is 2.40. The fourth-order valence-electron chi connectivity index (χ4n) is 1.18. The highest BCUT2D eigenvalue weighted by Crippen LogP contribution is 2.32. The lowest BCUT2D eigenvalue weighted by Crippen LogP contribution is -1.71. The highest BCUT2D eigenvalue weighted by atomic mass is 127. The molecule has 1 heteroatoms. The predicted molar refractivity (Wildman–Crippen MR) is 46.7 cm³/mol. The zero-order valence-corrected chi connectivity index (χ0v) is 7.40. The molecule has 46 valence electrons. The maximum Gasteiger partial charge on any atom is 0.0136 e. The number of benzene rings is 1. The van der Waals surface area contributed by atoms with E-state index in [1.807, 2.05) is 0 Å². The van der Waals surface area contributed by atoms with Crippen molar-refractivity contribution in [2.45, 2.75) is 13.3 Å². The maximum atomic E-state index is 2.36. The standard InChI is InChI=1S/C8H7I/c1-5-2-7(9)3-6-4-8(5)6/h2-3H,4H2,1H3. The monoisotopic (exact) mass is 230 g/mol. The molecule has 0 saturated heterocycles. The van der Waals surface area contributed by atoms with Crippen LogP contribution in [-0.4, -0.2) is 0 Å². The summed E-state index contributed by atoms with van der Waals surface area (Å²) >= 11 is 2.36. The molecule has 1 aliphatic carbocycles. The lowest BCUT2D eigenvalue weighted by molar-refractivity contribution is 1.44. The third-order valence-electron chi connectivity index (χ3n) is 1.77. The molecule has 0 nitrogen and oxygen atoms in total. The van der Waals surface area contributed by atoms with Crippen LogP contribution in [0.4, 0.5) is 0 Å². The molecule has 0 saturated carbocycles. The first kappa shape index (κ1) is 5.71. The molecule has 0 atom stereocenters. The number of fused-ring (bicyclic) bond motifs is 1. The molecule has 0 spiro atoms. The molecule has 0 heterocycles. The van der Waals surface area contributed by atoms with Crippen LogP contribution in [0.25, 0.3) is 0 Å². The third kappa shape index (κ3) is 0.874. The van der Waals surface area contributed by atoms with Crippen LogP contribution >= 0.6 is 22.6 Å². The first-order valence-electron chi connectivity index (χ1n) is 3.05. The minimum Gasteiger partial charge on any atom is -0.0462 e. The van der Waals surface area contributed by atoms with Gasteiger partial charge in [-0.3, -0.25) is 0 Å². The van der Waals surface area contributed by atoms with Crippen molar-refractivity contribution in [3.8, 4) is 0 Å². The van der Waals surface area contributed by atoms with Crippen molar-refractivity contribution in [1.29, 1.82) is 0 Å². The minimum absolute atomic E-state index is 1.24. The Morgan fingerprint density at radius 3 is 2.89 bits per heavy atom. The van der Waals surface area contributed by atoms with E-state index in [0.717, 1.165) is 0 Å². The normalized spacial score (nSPS) is 13.1. The molecule has 1 aliphatic rings. The molecule has 0 unspecified atom stereocenters. The van der Waals surface area contributed by atoms with E-state index < -0.39 is 0 Å². The Bertz CT molecular complexity index is 263. The summed E-state index contributed by atoms with van der Waals surface area (Å²) in [7, 11) is 0. The molecule has 9 heavy (non-hydrogen) atoms. The van der Waals surface area contributed by atoms with Gasteiger partial charge in [-0.05, 0) is 64.8 Å². The van der Waals surface area contributed by atoms with Gasteiger partial charge in [0.15, 0.2) is 0 Å². The van der Waals surface area contributed by atoms with Crippen molar-refractivity contribution < 1.29 is 0 Å². The van der Waals surface area contributed by atoms with Gasteiger partial charge in [-0.2, -0.15) is 0 Å². The summed E-state index contributed by atoms with van der Waals surface area (Å²) in [4.78, 5) is 0. The van der Waals surface area contributed by atoms with E-state index in [2.05, 4.69) is 41.6 Å². The van der Waals surface area contributed by atoms with Gasteiger partial charge in [0.1, 0.15) is 0 Å². The van der Waals surface area contributed by atoms with Crippen LogP contribution in [0, 0.1) is 10.5 Å². The topological polar surface area (TPSA) is 0 Å². The van der Waals surface area contributed by atoms with E-state index >= 15 is 0 Å². The Morgan fingerprint density at radius 2 is 2.22 bits per heavy atom. The first-order valence-corrected chi connectivity index (χ1v) is 4.13. The minimum atomic E-state index is 1.24. The Kier molecular flexibility index (Phi) is 1.09. The highest BCUT2D eigenvalue weighted by Gasteiger charge is 2.18. The predicted octanol–water partition coefficient (Wildman–Crippen LogP) is 2.50. The van der Waals surface area contributed by atoms with Gasteiger partial charge in [-0.15, -0.1) is 0 Å². The summed E-state index contributed by atoms with van der Waals surface area (Å²) in [6.45, 7) is 2.19. The molecular weight excluding hydrogens is 223 g/mol. The van der Waals surface area contributed by atoms with Gasteiger partial charge in [0.2, 0.25) is 0 Å². The fraction of sp³-hybridized carbons (Fsp3) is 0.250. The van der Waals surface area contributed by atoms with Crippen molar-refractivity contribution in [3.63, 3.8) is 0 Å². The summed E-state index contributed by atoms with van der Waals surface area (Å²) in [5.41, 5.74) is 4.60. The molecule has 0 bridgehead atoms. The Labute approximate surface area is 68.4 Å². The molecule has 0 radical (unpaired) electrons. The summed E-state index contributed by atoms with van der Waals surface area (Å²) in [5.74, 6) is 0. The highest BCUT2D eigenvalue weighted by molar-refractivity contribution is 14.1. The van der Waals surface area contributed by atoms with E-state index in [-0.39, 0.29) is 0 Å². The summed E-state index contributed by atoms with van der Waals surface area (Å²) in [5, 5.41) is 0. The SMILES string of the molecule is Cc1cc(I)cc2c1C2. The molecule has 1 aromatic rings. The van der Waals surface area contributed by atoms with Gasteiger partial charge < -0.3 is 0 Å². The lowest BCUT2D eigenvalue weighted by atomic mass is 10.2. The van der Waals surface area contributed by atoms with Crippen molar-refractivity contribution in [2.24, 2.45) is 0 Å². The average molecular weight is 230 g/mol. The lowest BCUT2D eigenvalue weighted by Gasteiger charge is -1.88. The zero-order chi connectivity index (χ0) is 6.43. The van der Waals surface area contributed by atoms with Gasteiger partial charge in [-0.1, -0.05) is 0 Å². The van der Waals surface area contributed by atoms with Gasteiger partial charge in [0.05, 0.1) is 0 Å². The molecule has 0 amide bonds. The number of hydrogen-bond acceptors (Lipinski definition) is 0. The fourth-order valence-corrected chi connectivity index (χ4v) is 2.02. The second kappa shape index (κ2) is 1.72. The quantitative estimate of drug-likeness (QED) is 0.610. The van der Waals surface area contributed by atoms with Gasteiger partial charge >= 0.3 is 0 Å². The van der Waals surface area contributed by atoms with Crippen molar-refractivity contribution in [2.75, 3.05) is 0 Å². The van der Waals surface area contributed by atoms with Crippen LogP contribution < -0.4 is 0 Å². The van der Waals surface area contributed by atoms with Crippen LogP contribution in [0.2, 0.25) is 0 Å². The van der Waals surface area contributed by atoms with E-state index in [9.17, 15) is 0 Å². The Hall–Kier alpha value is -0.0500. The van der Waals surface area contributed by atoms with E-state index in [1.165, 1.54) is 15.6 Å². The van der Waals surface area contributed by atoms with Gasteiger partial charge in [0.25, 0.3) is 0 Å². The summed E-state index contributed by atoms with van der Waals surface area (Å²) in [6.07, 6.45) is 1.24. The molecule has 1 aromatic carbocycles. The smallest absolute Gasteiger partial charge is 0.0136 e. The van der Waals surface area contributed by atoms with Crippen molar-refractivity contribution in [1.82, 2.24) is 0 Å². The average Bonchev–Trinajstić information content (AvgIpc) is 2.43. The number of halogens is 1. The van der Waals surface area contributed by atoms with E-state index in [1.54, 1.807) is 11.1 Å². The Balaban J connectivity index is 2.67. The second-order valence-electron chi connectivity index (χ2n) is 2.54. The van der Waals surface area contributed by atoms with Gasteiger partial charge in [-0.25, -0.2) is 0 Å². The van der Waals surface area contributed by atoms with Crippen molar-refractivity contribution >= 4 is 22.6 Å². The van der Waals surface area contributed by atoms with E-state index in [4.69, 9.17) is 0 Å². The zero-order valence-electron chi connectivity index (χ0n) is 5.24. The maximum absolute atomic E-state index is 2.36. The van der Waals surface area contributed by atoms with Crippen LogP contribution in [0.3, 0.4) is 0 Å². The number of rotatable bonds is 0. The Morgan fingerprint density at radius 1 is 1.44 bits per heavy atom. The molecule has 0 aromatic heterocycles. The summed E-state index contributed by atoms with van der Waals surface area (Å²) in [6, 6.07) is 4.51. The molecule has 0 N–H and O–H groups in total. The van der Waals surface area contributed by atoms with Crippen LogP contribution in [-0.2, 0) is 6.42 Å². The van der Waals surface area contributed by atoms with Gasteiger partial charge in [0, 0.05) is 3.57 Å². The molecule has 0 fully saturated rings. The second-order valence-corrected chi connectivity index (χ2v) is 3.78. The number of hydrogen-bond donors (Lipinski definition) is 0. The van der Waals surface area contributed by atoms with E-state index in [0.29, 0.717) is 0 Å². The van der Waals surface area contributed by atoms with Crippen LogP contribution in [0.15, 0.2) is 12.1 Å². The number of aryl methyl sites for hydroxylation is 1. The first-order chi connectivity index (χ1) is 4.27. The molecule has 0 aliphatic heterocycles. The largest absolute Gasteiger partial charge is 0.0462 e. The van der Waals surface area contributed by atoms with Crippen LogP contribution in [0.1, 0.15) is 16.7 Å². The van der Waals surface area contributed by atoms with Crippen LogP contribution in [0.5, 0.6) is 0 Å². The molecule has 2 rings (SSSR count). The molecular formula is C8H7I.